The molecule has 4 nitrogen and oxygen atoms in total. The fourth-order valence-corrected chi connectivity index (χ4v) is 1.13. The lowest BCUT2D eigenvalue weighted by molar-refractivity contribution is 1.30. The van der Waals surface area contributed by atoms with Crippen LogP contribution in [0.3, 0.4) is 0 Å². The summed E-state index contributed by atoms with van der Waals surface area (Å²) in [6.45, 7) is 3.44. The van der Waals surface area contributed by atoms with Gasteiger partial charge < -0.3 is 0 Å². The van der Waals surface area contributed by atoms with Crippen molar-refractivity contribution in [1.29, 1.82) is 0 Å². The molecule has 0 heterocycles. The second-order valence-corrected chi connectivity index (χ2v) is 2.61. The molecule has 4 heteroatoms. The van der Waals surface area contributed by atoms with Crippen LogP contribution in [-0.2, 0) is 0 Å². The minimum Gasteiger partial charge on any atom is -0.145 e. The second kappa shape index (κ2) is 3.21. The van der Waals surface area contributed by atoms with Gasteiger partial charge in [-0.15, -0.1) is 9.81 Å². The standard InChI is InChI=1S/C8H8N2O2/c1-5-3-7(9-11)4-6(2)8(5)10-12/h3-4H,1-2H3. The zero-order chi connectivity index (χ0) is 9.14. The van der Waals surface area contributed by atoms with Gasteiger partial charge in [0.1, 0.15) is 11.4 Å². The van der Waals surface area contributed by atoms with Gasteiger partial charge in [0.25, 0.3) is 0 Å². The summed E-state index contributed by atoms with van der Waals surface area (Å²) in [6, 6.07) is 3.08. The molecule has 0 saturated carbocycles. The van der Waals surface area contributed by atoms with Gasteiger partial charge in [-0.05, 0) is 47.5 Å². The van der Waals surface area contributed by atoms with Crippen molar-refractivity contribution in [2.45, 2.75) is 13.8 Å². The third-order valence-electron chi connectivity index (χ3n) is 1.67. The Labute approximate surface area is 69.6 Å². The van der Waals surface area contributed by atoms with Crippen LogP contribution in [0.2, 0.25) is 0 Å². The monoisotopic (exact) mass is 164 g/mol. The van der Waals surface area contributed by atoms with E-state index < -0.39 is 0 Å². The second-order valence-electron chi connectivity index (χ2n) is 2.61. The quantitative estimate of drug-likeness (QED) is 0.630. The van der Waals surface area contributed by atoms with Gasteiger partial charge in [-0.2, -0.15) is 0 Å². The van der Waals surface area contributed by atoms with E-state index in [0.29, 0.717) is 22.5 Å². The van der Waals surface area contributed by atoms with E-state index in [0.717, 1.165) is 0 Å². The molecule has 0 spiro atoms. The van der Waals surface area contributed by atoms with Gasteiger partial charge in [-0.25, -0.2) is 0 Å². The van der Waals surface area contributed by atoms with E-state index in [-0.39, 0.29) is 0 Å². The highest BCUT2D eigenvalue weighted by Gasteiger charge is 2.04. The number of hydrogen-bond donors (Lipinski definition) is 0. The molecular formula is C8H8N2O2. The zero-order valence-electron chi connectivity index (χ0n) is 6.87. The number of rotatable bonds is 2. The van der Waals surface area contributed by atoms with Crippen molar-refractivity contribution < 1.29 is 0 Å². The summed E-state index contributed by atoms with van der Waals surface area (Å²) in [6.07, 6.45) is 0. The number of benzene rings is 1. The molecule has 0 N–H and O–H groups in total. The van der Waals surface area contributed by atoms with Crippen molar-refractivity contribution in [3.63, 3.8) is 0 Å². The summed E-state index contributed by atoms with van der Waals surface area (Å²) in [5.74, 6) is 0. The Morgan fingerprint density at radius 1 is 1.00 bits per heavy atom. The topological polar surface area (TPSA) is 58.9 Å². The highest BCUT2D eigenvalue weighted by atomic mass is 16.3. The van der Waals surface area contributed by atoms with Crippen molar-refractivity contribution in [3.8, 4) is 0 Å². The number of nitrogens with zero attached hydrogens (tertiary/aromatic N) is 2. The maximum Gasteiger partial charge on any atom is 0.113 e. The first kappa shape index (κ1) is 8.52. The van der Waals surface area contributed by atoms with Gasteiger partial charge in [0, 0.05) is 0 Å². The SMILES string of the molecule is Cc1cc(N=O)cc(C)c1N=O. The zero-order valence-corrected chi connectivity index (χ0v) is 6.87. The van der Waals surface area contributed by atoms with E-state index in [2.05, 4.69) is 10.4 Å². The van der Waals surface area contributed by atoms with Crippen molar-refractivity contribution >= 4 is 11.4 Å². The number of aryl methyl sites for hydroxylation is 2. The molecule has 12 heavy (non-hydrogen) atoms. The third-order valence-corrected chi connectivity index (χ3v) is 1.67. The van der Waals surface area contributed by atoms with E-state index >= 15 is 0 Å². The van der Waals surface area contributed by atoms with Gasteiger partial charge in [0.15, 0.2) is 0 Å². The summed E-state index contributed by atoms with van der Waals surface area (Å²) in [5, 5.41) is 5.63. The van der Waals surface area contributed by atoms with Crippen LogP contribution in [0.25, 0.3) is 0 Å². The average molecular weight is 164 g/mol. The summed E-state index contributed by atoms with van der Waals surface area (Å²) < 4.78 is 0. The summed E-state index contributed by atoms with van der Waals surface area (Å²) in [5.41, 5.74) is 2.08. The maximum absolute atomic E-state index is 10.3. The molecule has 0 amide bonds. The smallest absolute Gasteiger partial charge is 0.113 e. The molecule has 0 aliphatic heterocycles. The van der Waals surface area contributed by atoms with Crippen LogP contribution < -0.4 is 0 Å². The van der Waals surface area contributed by atoms with E-state index in [4.69, 9.17) is 0 Å². The fourth-order valence-electron chi connectivity index (χ4n) is 1.13. The molecule has 0 aliphatic rings. The molecule has 0 bridgehead atoms. The molecule has 0 unspecified atom stereocenters. The van der Waals surface area contributed by atoms with Gasteiger partial charge in [0.05, 0.1) is 0 Å². The molecule has 62 valence electrons. The Balaban J connectivity index is 3.36. The first-order valence-electron chi connectivity index (χ1n) is 3.47. The fraction of sp³-hybridized carbons (Fsp3) is 0.250. The highest BCUT2D eigenvalue weighted by Crippen LogP contribution is 2.28. The molecule has 0 aliphatic carbocycles. The van der Waals surface area contributed by atoms with Crippen LogP contribution in [0.4, 0.5) is 11.4 Å². The Kier molecular flexibility index (Phi) is 2.28. The minimum atomic E-state index is 0.331. The molecule has 0 atom stereocenters. The van der Waals surface area contributed by atoms with Gasteiger partial charge in [0.2, 0.25) is 0 Å². The van der Waals surface area contributed by atoms with Crippen LogP contribution in [0.1, 0.15) is 11.1 Å². The first-order chi connectivity index (χ1) is 5.69. The van der Waals surface area contributed by atoms with Crippen LogP contribution in [0.15, 0.2) is 22.5 Å². The Bertz CT molecular complexity index is 311. The lowest BCUT2D eigenvalue weighted by Crippen LogP contribution is -1.79. The number of hydrogen-bond acceptors (Lipinski definition) is 4. The van der Waals surface area contributed by atoms with Crippen molar-refractivity contribution in [3.05, 3.63) is 33.1 Å². The molecule has 1 rings (SSSR count). The maximum atomic E-state index is 10.3. The summed E-state index contributed by atoms with van der Waals surface area (Å²) in [4.78, 5) is 20.4. The molecule has 0 aromatic heterocycles. The van der Waals surface area contributed by atoms with E-state index in [1.165, 1.54) is 12.1 Å². The van der Waals surface area contributed by atoms with Crippen LogP contribution in [0.5, 0.6) is 0 Å². The van der Waals surface area contributed by atoms with Crippen LogP contribution in [0, 0.1) is 23.7 Å². The Morgan fingerprint density at radius 2 is 1.50 bits per heavy atom. The highest BCUT2D eigenvalue weighted by molar-refractivity contribution is 5.59. The Morgan fingerprint density at radius 3 is 1.83 bits per heavy atom. The lowest BCUT2D eigenvalue weighted by atomic mass is 10.1. The van der Waals surface area contributed by atoms with E-state index in [9.17, 15) is 9.81 Å². The van der Waals surface area contributed by atoms with Crippen molar-refractivity contribution in [2.75, 3.05) is 0 Å². The van der Waals surface area contributed by atoms with Crippen molar-refractivity contribution in [1.82, 2.24) is 0 Å². The van der Waals surface area contributed by atoms with Gasteiger partial charge >= 0.3 is 0 Å². The van der Waals surface area contributed by atoms with E-state index in [1.807, 2.05) is 0 Å². The van der Waals surface area contributed by atoms with Crippen LogP contribution in [-0.4, -0.2) is 0 Å². The molecule has 0 saturated heterocycles. The molecule has 1 aromatic carbocycles. The normalized spacial score (nSPS) is 9.50. The van der Waals surface area contributed by atoms with Crippen molar-refractivity contribution in [2.24, 2.45) is 10.4 Å². The van der Waals surface area contributed by atoms with Crippen LogP contribution >= 0.6 is 0 Å². The van der Waals surface area contributed by atoms with E-state index in [1.54, 1.807) is 13.8 Å². The lowest BCUT2D eigenvalue weighted by Gasteiger charge is -2.00. The van der Waals surface area contributed by atoms with Gasteiger partial charge in [-0.3, -0.25) is 0 Å². The molecule has 0 fully saturated rings. The largest absolute Gasteiger partial charge is 0.145 e. The number of nitroso groups, excluding NO2 is 2. The molecular weight excluding hydrogens is 156 g/mol. The Hall–Kier alpha value is -1.58. The molecule has 1 aromatic rings. The predicted octanol–water partition coefficient (Wildman–Crippen LogP) is 3.10. The first-order valence-corrected chi connectivity index (χ1v) is 3.47. The molecule has 0 radical (unpaired) electrons. The average Bonchev–Trinajstić information content (AvgIpc) is 2.03. The summed E-state index contributed by atoms with van der Waals surface area (Å²) >= 11 is 0. The minimum absolute atomic E-state index is 0.331. The van der Waals surface area contributed by atoms with Gasteiger partial charge in [-0.1, -0.05) is 0 Å². The predicted molar refractivity (Wildman–Crippen MR) is 46.8 cm³/mol. The third kappa shape index (κ3) is 1.37. The summed E-state index contributed by atoms with van der Waals surface area (Å²) in [7, 11) is 0.